The molecular weight excluding hydrogens is 310 g/mol. The second-order valence-electron chi connectivity index (χ2n) is 5.63. The van der Waals surface area contributed by atoms with E-state index in [1.54, 1.807) is 0 Å². The summed E-state index contributed by atoms with van der Waals surface area (Å²) in [5.41, 5.74) is 0.102. The average molecular weight is 325 g/mol. The number of nitrogens with zero attached hydrogens (tertiary/aromatic N) is 2. The zero-order chi connectivity index (χ0) is 16.9. The third-order valence-electron chi connectivity index (χ3n) is 4.48. The minimum Gasteiger partial charge on any atom is -0.477 e. The van der Waals surface area contributed by atoms with Crippen molar-refractivity contribution in [2.24, 2.45) is 5.92 Å². The fourth-order valence-corrected chi connectivity index (χ4v) is 3.59. The SMILES string of the molecule is CNC(=O)OCC1=C(C(=O)O)N2C(=O)[C@@H]3[C@H]2[C@H](C1)CN3C(=O)O. The largest absolute Gasteiger partial charge is 0.477 e. The van der Waals surface area contributed by atoms with Crippen LogP contribution in [-0.4, -0.2) is 76.4 Å². The van der Waals surface area contributed by atoms with Crippen molar-refractivity contribution < 1.29 is 34.1 Å². The average Bonchev–Trinajstić information content (AvgIpc) is 2.87. The number of rotatable bonds is 3. The summed E-state index contributed by atoms with van der Waals surface area (Å²) in [6, 6.07) is -1.26. The third kappa shape index (κ3) is 2.09. The lowest BCUT2D eigenvalue weighted by atomic mass is 9.79. The summed E-state index contributed by atoms with van der Waals surface area (Å²) in [7, 11) is 1.37. The molecule has 10 nitrogen and oxygen atoms in total. The molecule has 0 spiro atoms. The number of likely N-dealkylation sites (tertiary alicyclic amines) is 1. The van der Waals surface area contributed by atoms with Crippen molar-refractivity contribution >= 4 is 24.1 Å². The van der Waals surface area contributed by atoms with Crippen molar-refractivity contribution in [1.82, 2.24) is 15.1 Å². The number of amides is 3. The Bertz CT molecular complexity index is 643. The maximum atomic E-state index is 12.2. The highest BCUT2D eigenvalue weighted by Gasteiger charge is 2.64. The monoisotopic (exact) mass is 325 g/mol. The van der Waals surface area contributed by atoms with Crippen LogP contribution in [0.5, 0.6) is 0 Å². The second-order valence-corrected chi connectivity index (χ2v) is 5.63. The van der Waals surface area contributed by atoms with Gasteiger partial charge < -0.3 is 20.3 Å². The van der Waals surface area contributed by atoms with E-state index >= 15 is 0 Å². The van der Waals surface area contributed by atoms with Gasteiger partial charge in [-0.15, -0.1) is 0 Å². The number of carboxylic acids is 1. The number of carboxylic acid groups (broad SMARTS) is 2. The zero-order valence-corrected chi connectivity index (χ0v) is 12.2. The topological polar surface area (TPSA) is 136 Å². The standard InChI is InChI=1S/C13H15N3O7/c1-14-12(20)23-4-6-2-5-3-15(13(21)22)9-7(5)16(10(9)17)8(6)11(18)19/h5,7,9H,2-4H2,1H3,(H,14,20)(H,18,19)(H,21,22)/t5-,7-,9+/m1/s1. The van der Waals surface area contributed by atoms with Crippen molar-refractivity contribution in [3.63, 3.8) is 0 Å². The highest BCUT2D eigenvalue weighted by molar-refractivity contribution is 6.02. The molecule has 3 heterocycles. The molecule has 0 aromatic carbocycles. The van der Waals surface area contributed by atoms with Gasteiger partial charge in [0.25, 0.3) is 5.91 Å². The minimum atomic E-state index is -1.29. The van der Waals surface area contributed by atoms with Gasteiger partial charge in [-0.3, -0.25) is 14.6 Å². The highest BCUT2D eigenvalue weighted by Crippen LogP contribution is 2.46. The quantitative estimate of drug-likeness (QED) is 0.582. The molecule has 23 heavy (non-hydrogen) atoms. The molecule has 3 rings (SSSR count). The van der Waals surface area contributed by atoms with Crippen LogP contribution in [0.2, 0.25) is 0 Å². The van der Waals surface area contributed by atoms with Gasteiger partial charge in [0.15, 0.2) is 0 Å². The number of nitrogens with one attached hydrogen (secondary N) is 1. The van der Waals surface area contributed by atoms with E-state index in [0.29, 0.717) is 5.57 Å². The van der Waals surface area contributed by atoms with E-state index < -0.39 is 36.1 Å². The molecular formula is C13H15N3O7. The molecule has 3 aliphatic rings. The summed E-state index contributed by atoms with van der Waals surface area (Å²) >= 11 is 0. The summed E-state index contributed by atoms with van der Waals surface area (Å²) in [5, 5.41) is 20.8. The van der Waals surface area contributed by atoms with E-state index in [0.717, 1.165) is 9.80 Å². The first-order valence-corrected chi connectivity index (χ1v) is 6.99. The Labute approximate surface area is 130 Å². The summed E-state index contributed by atoms with van der Waals surface area (Å²) in [5.74, 6) is -2.03. The number of β-lactam (4-membered cyclic amide) rings is 1. The molecule has 0 aliphatic carbocycles. The summed E-state index contributed by atoms with van der Waals surface area (Å²) in [6.45, 7) is -0.102. The fourth-order valence-electron chi connectivity index (χ4n) is 3.59. The molecule has 3 atom stereocenters. The molecule has 0 aromatic rings. The van der Waals surface area contributed by atoms with Gasteiger partial charge in [0, 0.05) is 19.5 Å². The van der Waals surface area contributed by atoms with Gasteiger partial charge in [-0.2, -0.15) is 0 Å². The van der Waals surface area contributed by atoms with E-state index in [1.165, 1.54) is 7.05 Å². The molecule has 0 bridgehead atoms. The van der Waals surface area contributed by atoms with Crippen LogP contribution in [0.3, 0.4) is 0 Å². The van der Waals surface area contributed by atoms with Crippen LogP contribution in [0.4, 0.5) is 9.59 Å². The maximum Gasteiger partial charge on any atom is 0.408 e. The van der Waals surface area contributed by atoms with Crippen molar-refractivity contribution in [3.8, 4) is 0 Å². The predicted octanol–water partition coefficient (Wildman–Crippen LogP) is -0.726. The highest BCUT2D eigenvalue weighted by atomic mass is 16.5. The first-order chi connectivity index (χ1) is 10.9. The lowest BCUT2D eigenvalue weighted by Gasteiger charge is -2.49. The zero-order valence-electron chi connectivity index (χ0n) is 12.2. The van der Waals surface area contributed by atoms with Crippen LogP contribution in [0.1, 0.15) is 6.42 Å². The lowest BCUT2D eigenvalue weighted by molar-refractivity contribution is -0.156. The lowest BCUT2D eigenvalue weighted by Crippen LogP contribution is -2.69. The van der Waals surface area contributed by atoms with Crippen molar-refractivity contribution in [2.75, 3.05) is 20.2 Å². The number of ether oxygens (including phenoxy) is 1. The Kier molecular flexibility index (Phi) is 3.38. The van der Waals surface area contributed by atoms with Gasteiger partial charge in [-0.05, 0) is 12.0 Å². The number of aliphatic carboxylic acids is 1. The Morgan fingerprint density at radius 3 is 2.61 bits per heavy atom. The molecule has 0 unspecified atom stereocenters. The van der Waals surface area contributed by atoms with Crippen molar-refractivity contribution in [1.29, 1.82) is 0 Å². The third-order valence-corrected chi connectivity index (χ3v) is 4.48. The van der Waals surface area contributed by atoms with E-state index in [9.17, 15) is 24.3 Å². The van der Waals surface area contributed by atoms with Gasteiger partial charge >= 0.3 is 18.2 Å². The molecule has 3 amide bonds. The number of carbonyl (C=O) groups is 4. The minimum absolute atomic E-state index is 0.156. The molecule has 0 radical (unpaired) electrons. The van der Waals surface area contributed by atoms with Crippen molar-refractivity contribution in [3.05, 3.63) is 11.3 Å². The first kappa shape index (κ1) is 15.1. The Balaban J connectivity index is 1.90. The Hall–Kier alpha value is -2.78. The fraction of sp³-hybridized carbons (Fsp3) is 0.538. The van der Waals surface area contributed by atoms with Gasteiger partial charge in [-0.25, -0.2) is 14.4 Å². The molecule has 0 saturated carbocycles. The smallest absolute Gasteiger partial charge is 0.408 e. The van der Waals surface area contributed by atoms with E-state index in [2.05, 4.69) is 5.32 Å². The van der Waals surface area contributed by atoms with Gasteiger partial charge in [-0.1, -0.05) is 0 Å². The normalized spacial score (nSPS) is 28.2. The summed E-state index contributed by atoms with van der Waals surface area (Å²) < 4.78 is 4.90. The Morgan fingerprint density at radius 1 is 1.35 bits per heavy atom. The van der Waals surface area contributed by atoms with Crippen LogP contribution in [0, 0.1) is 5.92 Å². The predicted molar refractivity (Wildman–Crippen MR) is 72.3 cm³/mol. The molecule has 3 aliphatic heterocycles. The van der Waals surface area contributed by atoms with Crippen molar-refractivity contribution in [2.45, 2.75) is 18.5 Å². The number of hydrogen-bond acceptors (Lipinski definition) is 5. The molecule has 2 saturated heterocycles. The molecule has 0 aromatic heterocycles. The van der Waals surface area contributed by atoms with Crippen LogP contribution in [-0.2, 0) is 14.3 Å². The summed E-state index contributed by atoms with van der Waals surface area (Å²) in [4.78, 5) is 48.3. The van der Waals surface area contributed by atoms with E-state index in [1.807, 2.05) is 0 Å². The van der Waals surface area contributed by atoms with Crippen LogP contribution in [0.15, 0.2) is 11.3 Å². The van der Waals surface area contributed by atoms with E-state index in [-0.39, 0.29) is 31.2 Å². The van der Waals surface area contributed by atoms with E-state index in [4.69, 9.17) is 9.84 Å². The summed E-state index contributed by atoms with van der Waals surface area (Å²) in [6.07, 6.45) is -1.64. The van der Waals surface area contributed by atoms with Gasteiger partial charge in [0.1, 0.15) is 18.3 Å². The Morgan fingerprint density at radius 2 is 2.04 bits per heavy atom. The van der Waals surface area contributed by atoms with Gasteiger partial charge in [0.05, 0.1) is 6.04 Å². The molecule has 10 heteroatoms. The molecule has 124 valence electrons. The number of hydrogen-bond donors (Lipinski definition) is 3. The maximum absolute atomic E-state index is 12.2. The van der Waals surface area contributed by atoms with Gasteiger partial charge in [0.2, 0.25) is 0 Å². The molecule has 3 N–H and O–H groups in total. The van der Waals surface area contributed by atoms with Crippen LogP contribution < -0.4 is 5.32 Å². The number of alkyl carbamates (subject to hydrolysis) is 1. The van der Waals surface area contributed by atoms with Crippen LogP contribution in [0.25, 0.3) is 0 Å². The first-order valence-electron chi connectivity index (χ1n) is 6.99. The number of carbonyl (C=O) groups excluding carboxylic acids is 2. The van der Waals surface area contributed by atoms with Crippen LogP contribution >= 0.6 is 0 Å². The second kappa shape index (κ2) is 5.14. The molecule has 2 fully saturated rings.